The summed E-state index contributed by atoms with van der Waals surface area (Å²) in [5, 5.41) is 2.60. The van der Waals surface area contributed by atoms with E-state index in [-0.39, 0.29) is 5.56 Å². The van der Waals surface area contributed by atoms with Gasteiger partial charge >= 0.3 is 12.1 Å². The van der Waals surface area contributed by atoms with Crippen molar-refractivity contribution in [2.75, 3.05) is 18.6 Å². The van der Waals surface area contributed by atoms with E-state index in [1.807, 2.05) is 0 Å². The molecule has 1 aromatic carbocycles. The minimum atomic E-state index is -4.45. The first-order valence-electron chi connectivity index (χ1n) is 6.44. The summed E-state index contributed by atoms with van der Waals surface area (Å²) < 4.78 is 42.2. The molecular formula is C14H14F3NO3S. The number of esters is 1. The van der Waals surface area contributed by atoms with E-state index < -0.39 is 29.2 Å². The molecule has 1 heterocycles. The number of rotatable bonds is 3. The lowest BCUT2D eigenvalue weighted by molar-refractivity contribution is -0.147. The Kier molecular flexibility index (Phi) is 4.69. The standard InChI is InChI=1S/C14H14F3NO3S/c1-21-12(20)13(6-7-22-8-13)18-11(19)9-2-4-10(5-3-9)14(15,16)17/h2-5H,6-8H2,1H3,(H,18,19)/t13-/m0/s1. The van der Waals surface area contributed by atoms with Gasteiger partial charge in [0.15, 0.2) is 0 Å². The lowest BCUT2D eigenvalue weighted by Crippen LogP contribution is -2.55. The normalized spacial score (nSPS) is 21.5. The van der Waals surface area contributed by atoms with Crippen molar-refractivity contribution in [3.8, 4) is 0 Å². The van der Waals surface area contributed by atoms with Crippen LogP contribution in [0.25, 0.3) is 0 Å². The van der Waals surface area contributed by atoms with Crippen LogP contribution in [0.2, 0.25) is 0 Å². The van der Waals surface area contributed by atoms with Gasteiger partial charge in [0.2, 0.25) is 0 Å². The van der Waals surface area contributed by atoms with Gasteiger partial charge in [-0.3, -0.25) is 4.79 Å². The number of carbonyl (C=O) groups excluding carboxylic acids is 2. The molecule has 0 unspecified atom stereocenters. The van der Waals surface area contributed by atoms with Gasteiger partial charge in [-0.15, -0.1) is 0 Å². The molecule has 1 aromatic rings. The van der Waals surface area contributed by atoms with E-state index in [1.165, 1.54) is 18.9 Å². The van der Waals surface area contributed by atoms with Crippen LogP contribution in [-0.4, -0.2) is 36.0 Å². The van der Waals surface area contributed by atoms with E-state index in [0.29, 0.717) is 17.9 Å². The summed E-state index contributed by atoms with van der Waals surface area (Å²) in [5.74, 6) is -0.0616. The van der Waals surface area contributed by atoms with Gasteiger partial charge in [0.1, 0.15) is 5.54 Å². The maximum absolute atomic E-state index is 12.5. The number of carbonyl (C=O) groups is 2. The van der Waals surface area contributed by atoms with Crippen LogP contribution in [0.4, 0.5) is 13.2 Å². The van der Waals surface area contributed by atoms with Gasteiger partial charge in [0.05, 0.1) is 12.7 Å². The van der Waals surface area contributed by atoms with Crippen LogP contribution in [0.3, 0.4) is 0 Å². The minimum Gasteiger partial charge on any atom is -0.467 e. The van der Waals surface area contributed by atoms with E-state index in [2.05, 4.69) is 5.32 Å². The van der Waals surface area contributed by atoms with Crippen LogP contribution in [0.5, 0.6) is 0 Å². The second-order valence-electron chi connectivity index (χ2n) is 4.91. The number of hydrogen-bond acceptors (Lipinski definition) is 4. The Balaban J connectivity index is 2.16. The zero-order chi connectivity index (χ0) is 16.4. The molecule has 120 valence electrons. The van der Waals surface area contributed by atoms with Crippen molar-refractivity contribution < 1.29 is 27.5 Å². The Labute approximate surface area is 129 Å². The number of thioether (sulfide) groups is 1. The highest BCUT2D eigenvalue weighted by molar-refractivity contribution is 7.99. The molecule has 1 amide bonds. The second-order valence-corrected chi connectivity index (χ2v) is 6.01. The average molecular weight is 333 g/mol. The van der Waals surface area contributed by atoms with Crippen LogP contribution in [-0.2, 0) is 15.7 Å². The van der Waals surface area contributed by atoms with E-state index >= 15 is 0 Å². The fourth-order valence-corrected chi connectivity index (χ4v) is 3.49. The third kappa shape index (κ3) is 3.37. The number of halogens is 3. The second kappa shape index (κ2) is 6.20. The van der Waals surface area contributed by atoms with E-state index in [4.69, 9.17) is 4.74 Å². The quantitative estimate of drug-likeness (QED) is 0.864. The predicted octanol–water partition coefficient (Wildman–Crippen LogP) is 2.48. The van der Waals surface area contributed by atoms with Gasteiger partial charge in [-0.1, -0.05) is 0 Å². The molecule has 0 spiro atoms. The van der Waals surface area contributed by atoms with Crippen molar-refractivity contribution >= 4 is 23.6 Å². The van der Waals surface area contributed by atoms with Crippen molar-refractivity contribution in [2.45, 2.75) is 18.1 Å². The Morgan fingerprint density at radius 1 is 1.27 bits per heavy atom. The van der Waals surface area contributed by atoms with Crippen LogP contribution in [0.15, 0.2) is 24.3 Å². The van der Waals surface area contributed by atoms with Crippen molar-refractivity contribution in [3.63, 3.8) is 0 Å². The maximum Gasteiger partial charge on any atom is 0.416 e. The molecule has 1 aliphatic heterocycles. The number of amides is 1. The Bertz CT molecular complexity index is 566. The van der Waals surface area contributed by atoms with Crippen LogP contribution >= 0.6 is 11.8 Å². The molecule has 1 fully saturated rings. The lowest BCUT2D eigenvalue weighted by Gasteiger charge is -2.26. The molecule has 0 saturated carbocycles. The molecule has 0 aromatic heterocycles. The van der Waals surface area contributed by atoms with E-state index in [0.717, 1.165) is 24.3 Å². The summed E-state index contributed by atoms with van der Waals surface area (Å²) in [4.78, 5) is 24.1. The first-order valence-corrected chi connectivity index (χ1v) is 7.60. The third-order valence-electron chi connectivity index (χ3n) is 3.42. The van der Waals surface area contributed by atoms with Crippen molar-refractivity contribution in [3.05, 3.63) is 35.4 Å². The largest absolute Gasteiger partial charge is 0.467 e. The summed E-state index contributed by atoms with van der Waals surface area (Å²) in [5.41, 5.74) is -1.88. The zero-order valence-corrected chi connectivity index (χ0v) is 12.5. The molecule has 8 heteroatoms. The van der Waals surface area contributed by atoms with Gasteiger partial charge in [-0.05, 0) is 36.4 Å². The molecule has 0 aliphatic carbocycles. The van der Waals surface area contributed by atoms with Crippen LogP contribution in [0, 0.1) is 0 Å². The van der Waals surface area contributed by atoms with Gasteiger partial charge in [0.25, 0.3) is 5.91 Å². The zero-order valence-electron chi connectivity index (χ0n) is 11.7. The molecule has 1 aliphatic rings. The number of alkyl halides is 3. The summed E-state index contributed by atoms with van der Waals surface area (Å²) in [7, 11) is 1.23. The fourth-order valence-electron chi connectivity index (χ4n) is 2.17. The molecule has 0 bridgehead atoms. The topological polar surface area (TPSA) is 55.4 Å². The van der Waals surface area contributed by atoms with Crippen molar-refractivity contribution in [1.29, 1.82) is 0 Å². The van der Waals surface area contributed by atoms with Gasteiger partial charge in [-0.2, -0.15) is 24.9 Å². The van der Waals surface area contributed by atoms with Gasteiger partial charge < -0.3 is 10.1 Å². The number of ether oxygens (including phenoxy) is 1. The summed E-state index contributed by atoms with van der Waals surface area (Å²) in [6.07, 6.45) is -4.03. The van der Waals surface area contributed by atoms with Crippen LogP contribution < -0.4 is 5.32 Å². The van der Waals surface area contributed by atoms with E-state index in [1.54, 1.807) is 0 Å². The summed E-state index contributed by atoms with van der Waals surface area (Å²) >= 11 is 1.50. The third-order valence-corrected chi connectivity index (χ3v) is 4.61. The molecule has 1 saturated heterocycles. The first kappa shape index (κ1) is 16.7. The Morgan fingerprint density at radius 2 is 1.91 bits per heavy atom. The molecule has 4 nitrogen and oxygen atoms in total. The number of nitrogens with one attached hydrogen (secondary N) is 1. The highest BCUT2D eigenvalue weighted by Gasteiger charge is 2.44. The predicted molar refractivity (Wildman–Crippen MR) is 75.6 cm³/mol. The van der Waals surface area contributed by atoms with Crippen LogP contribution in [0.1, 0.15) is 22.3 Å². The molecule has 2 rings (SSSR count). The lowest BCUT2D eigenvalue weighted by atomic mass is 9.98. The molecule has 1 atom stereocenters. The van der Waals surface area contributed by atoms with Gasteiger partial charge in [0, 0.05) is 11.3 Å². The number of benzene rings is 1. The van der Waals surface area contributed by atoms with E-state index in [9.17, 15) is 22.8 Å². The molecule has 1 N–H and O–H groups in total. The SMILES string of the molecule is COC(=O)[C@]1(NC(=O)c2ccc(C(F)(F)F)cc2)CCSC1. The number of methoxy groups -OCH3 is 1. The number of hydrogen-bond donors (Lipinski definition) is 1. The maximum atomic E-state index is 12.5. The Morgan fingerprint density at radius 3 is 2.36 bits per heavy atom. The Hall–Kier alpha value is -1.70. The molecular weight excluding hydrogens is 319 g/mol. The summed E-state index contributed by atoms with van der Waals surface area (Å²) in [6.45, 7) is 0. The average Bonchev–Trinajstić information content (AvgIpc) is 2.95. The minimum absolute atomic E-state index is 0.0631. The highest BCUT2D eigenvalue weighted by atomic mass is 32.2. The monoisotopic (exact) mass is 333 g/mol. The highest BCUT2D eigenvalue weighted by Crippen LogP contribution is 2.31. The molecule has 22 heavy (non-hydrogen) atoms. The summed E-state index contributed by atoms with van der Waals surface area (Å²) in [6, 6.07) is 3.85. The van der Waals surface area contributed by atoms with Crippen molar-refractivity contribution in [2.24, 2.45) is 0 Å². The fraction of sp³-hybridized carbons (Fsp3) is 0.429. The smallest absolute Gasteiger partial charge is 0.416 e. The van der Waals surface area contributed by atoms with Gasteiger partial charge in [-0.25, -0.2) is 4.79 Å². The van der Waals surface area contributed by atoms with Crippen molar-refractivity contribution in [1.82, 2.24) is 5.32 Å². The molecule has 0 radical (unpaired) electrons. The first-order chi connectivity index (χ1) is 10.3.